The van der Waals surface area contributed by atoms with E-state index in [1.54, 1.807) is 18.2 Å². The lowest BCUT2D eigenvalue weighted by Gasteiger charge is -2.15. The van der Waals surface area contributed by atoms with E-state index in [9.17, 15) is 4.79 Å². The molecule has 0 amide bonds. The second-order valence-corrected chi connectivity index (χ2v) is 5.19. The Kier molecular flexibility index (Phi) is 4.70. The van der Waals surface area contributed by atoms with Gasteiger partial charge >= 0.3 is 5.97 Å². The van der Waals surface area contributed by atoms with Crippen LogP contribution >= 0.6 is 23.2 Å². The van der Waals surface area contributed by atoms with E-state index < -0.39 is 5.97 Å². The lowest BCUT2D eigenvalue weighted by atomic mass is 10.1. The minimum Gasteiger partial charge on any atom is -0.475 e. The molecule has 0 fully saturated rings. The monoisotopic (exact) mass is 313 g/mol. The summed E-state index contributed by atoms with van der Waals surface area (Å²) in [6.45, 7) is 2.31. The maximum atomic E-state index is 10.9. The summed E-state index contributed by atoms with van der Waals surface area (Å²) in [5.41, 5.74) is 1.49. The normalized spacial score (nSPS) is 12.3. The van der Waals surface area contributed by atoms with Gasteiger partial charge in [-0.05, 0) is 30.7 Å². The van der Waals surface area contributed by atoms with E-state index in [2.05, 4.69) is 5.32 Å². The van der Waals surface area contributed by atoms with Crippen molar-refractivity contribution >= 4 is 29.2 Å². The van der Waals surface area contributed by atoms with Crippen molar-refractivity contribution in [3.8, 4) is 0 Å². The highest BCUT2D eigenvalue weighted by atomic mass is 35.5. The third-order valence-corrected chi connectivity index (χ3v) is 3.53. The van der Waals surface area contributed by atoms with Crippen molar-refractivity contribution in [2.75, 3.05) is 0 Å². The average Bonchev–Trinajstić information content (AvgIpc) is 2.84. The number of rotatable bonds is 5. The Bertz CT molecular complexity index is 625. The Balaban J connectivity index is 2.06. The summed E-state index contributed by atoms with van der Waals surface area (Å²) in [5.74, 6) is -1.13. The van der Waals surface area contributed by atoms with E-state index in [4.69, 9.17) is 32.7 Å². The summed E-state index contributed by atoms with van der Waals surface area (Å²) in [7, 11) is 0. The van der Waals surface area contributed by atoms with Crippen molar-refractivity contribution in [1.29, 1.82) is 0 Å². The third-order valence-electron chi connectivity index (χ3n) is 2.97. The molecule has 0 aliphatic heterocycles. The zero-order chi connectivity index (χ0) is 14.7. The van der Waals surface area contributed by atoms with Crippen molar-refractivity contribution in [3.05, 3.63) is 57.5 Å². The van der Waals surface area contributed by atoms with Crippen molar-refractivity contribution in [3.63, 3.8) is 0 Å². The molecule has 0 saturated carbocycles. The Labute approximate surface area is 126 Å². The first-order valence-corrected chi connectivity index (χ1v) is 6.72. The number of hydrogen-bond donors (Lipinski definition) is 2. The van der Waals surface area contributed by atoms with Crippen LogP contribution < -0.4 is 5.32 Å². The molecule has 2 N–H and O–H groups in total. The molecule has 106 valence electrons. The molecule has 1 atom stereocenters. The highest BCUT2D eigenvalue weighted by Gasteiger charge is 2.15. The van der Waals surface area contributed by atoms with Gasteiger partial charge in [0, 0.05) is 28.2 Å². The van der Waals surface area contributed by atoms with Gasteiger partial charge in [0.1, 0.15) is 0 Å². The van der Waals surface area contributed by atoms with Crippen LogP contribution in [0.25, 0.3) is 0 Å². The summed E-state index contributed by atoms with van der Waals surface area (Å²) < 4.78 is 4.92. The van der Waals surface area contributed by atoms with Crippen LogP contribution in [-0.4, -0.2) is 11.1 Å². The third kappa shape index (κ3) is 3.33. The number of aromatic carboxylic acids is 1. The van der Waals surface area contributed by atoms with Crippen LogP contribution in [0.2, 0.25) is 10.0 Å². The number of carboxylic acid groups (broad SMARTS) is 1. The number of nitrogens with one attached hydrogen (secondary N) is 1. The van der Waals surface area contributed by atoms with Crippen LogP contribution in [0.1, 0.15) is 34.6 Å². The van der Waals surface area contributed by atoms with E-state index in [1.807, 2.05) is 13.0 Å². The second-order valence-electron chi connectivity index (χ2n) is 4.35. The summed E-state index contributed by atoms with van der Waals surface area (Å²) in [5, 5.41) is 13.3. The molecule has 0 radical (unpaired) electrons. The quantitative estimate of drug-likeness (QED) is 0.871. The first kappa shape index (κ1) is 14.9. The van der Waals surface area contributed by atoms with Gasteiger partial charge in [0.15, 0.2) is 0 Å². The standard InChI is InChI=1S/C14H13Cl2NO3/c1-8(11-3-2-10(15)6-12(11)16)17-7-9-4-5-20-13(9)14(18)19/h2-6,8,17H,7H2,1H3,(H,18,19). The first-order valence-electron chi connectivity index (χ1n) is 5.97. The van der Waals surface area contributed by atoms with E-state index in [1.165, 1.54) is 6.26 Å². The number of benzene rings is 1. The highest BCUT2D eigenvalue weighted by Crippen LogP contribution is 2.26. The highest BCUT2D eigenvalue weighted by molar-refractivity contribution is 6.35. The molecule has 4 nitrogen and oxygen atoms in total. The Morgan fingerprint density at radius 1 is 1.40 bits per heavy atom. The summed E-state index contributed by atoms with van der Waals surface area (Å²) in [4.78, 5) is 10.9. The van der Waals surface area contributed by atoms with Gasteiger partial charge in [-0.2, -0.15) is 0 Å². The molecule has 2 aromatic rings. The number of carbonyl (C=O) groups is 1. The molecule has 1 heterocycles. The molecule has 2 rings (SSSR count). The average molecular weight is 314 g/mol. The topological polar surface area (TPSA) is 62.5 Å². The summed E-state index contributed by atoms with van der Waals surface area (Å²) in [6, 6.07) is 6.87. The van der Waals surface area contributed by atoms with Gasteiger partial charge in [0.05, 0.1) is 6.26 Å². The Morgan fingerprint density at radius 3 is 2.80 bits per heavy atom. The fraction of sp³-hybridized carbons (Fsp3) is 0.214. The molecule has 0 saturated heterocycles. The molecule has 0 aliphatic rings. The number of carboxylic acids is 1. The van der Waals surface area contributed by atoms with Crippen molar-refractivity contribution in [2.24, 2.45) is 0 Å². The minimum atomic E-state index is -1.08. The van der Waals surface area contributed by atoms with E-state index in [-0.39, 0.29) is 11.8 Å². The van der Waals surface area contributed by atoms with Gasteiger partial charge in [-0.15, -0.1) is 0 Å². The predicted octanol–water partition coefficient (Wildman–Crippen LogP) is 4.14. The molecule has 1 aromatic heterocycles. The fourth-order valence-corrected chi connectivity index (χ4v) is 2.46. The number of furan rings is 1. The molecule has 0 spiro atoms. The van der Waals surface area contributed by atoms with E-state index >= 15 is 0 Å². The molecular weight excluding hydrogens is 301 g/mol. The van der Waals surface area contributed by atoms with Crippen molar-refractivity contribution in [1.82, 2.24) is 5.32 Å². The SMILES string of the molecule is CC(NCc1ccoc1C(=O)O)c1ccc(Cl)cc1Cl. The zero-order valence-electron chi connectivity index (χ0n) is 10.7. The van der Waals surface area contributed by atoms with Gasteiger partial charge in [-0.3, -0.25) is 0 Å². The molecule has 6 heteroatoms. The van der Waals surface area contributed by atoms with Crippen LogP contribution in [0, 0.1) is 0 Å². The van der Waals surface area contributed by atoms with Crippen LogP contribution in [0.15, 0.2) is 34.9 Å². The Morgan fingerprint density at radius 2 is 2.15 bits per heavy atom. The summed E-state index contributed by atoms with van der Waals surface area (Å²) >= 11 is 12.0. The van der Waals surface area contributed by atoms with E-state index in [0.29, 0.717) is 22.2 Å². The summed E-state index contributed by atoms with van der Waals surface area (Å²) in [6.07, 6.45) is 1.36. The van der Waals surface area contributed by atoms with Gasteiger partial charge in [-0.1, -0.05) is 29.3 Å². The number of halogens is 2. The first-order chi connectivity index (χ1) is 9.49. The molecule has 20 heavy (non-hydrogen) atoms. The smallest absolute Gasteiger partial charge is 0.372 e. The van der Waals surface area contributed by atoms with Crippen LogP contribution in [0.4, 0.5) is 0 Å². The van der Waals surface area contributed by atoms with Gasteiger partial charge in [-0.25, -0.2) is 4.79 Å². The van der Waals surface area contributed by atoms with E-state index in [0.717, 1.165) is 5.56 Å². The van der Waals surface area contributed by atoms with Crippen LogP contribution in [0.5, 0.6) is 0 Å². The molecule has 0 bridgehead atoms. The number of hydrogen-bond acceptors (Lipinski definition) is 3. The lowest BCUT2D eigenvalue weighted by molar-refractivity contribution is 0.0660. The van der Waals surface area contributed by atoms with Gasteiger partial charge in [0.25, 0.3) is 0 Å². The second kappa shape index (κ2) is 6.31. The zero-order valence-corrected chi connectivity index (χ0v) is 12.2. The Hall–Kier alpha value is -1.49. The van der Waals surface area contributed by atoms with Crippen molar-refractivity contribution in [2.45, 2.75) is 19.5 Å². The maximum Gasteiger partial charge on any atom is 0.372 e. The molecule has 1 unspecified atom stereocenters. The lowest BCUT2D eigenvalue weighted by Crippen LogP contribution is -2.19. The fourth-order valence-electron chi connectivity index (χ4n) is 1.89. The molecule has 0 aliphatic carbocycles. The largest absolute Gasteiger partial charge is 0.475 e. The van der Waals surface area contributed by atoms with Crippen LogP contribution in [-0.2, 0) is 6.54 Å². The van der Waals surface area contributed by atoms with Crippen LogP contribution in [0.3, 0.4) is 0 Å². The minimum absolute atomic E-state index is 0.0451. The maximum absolute atomic E-state index is 10.9. The molecular formula is C14H13Cl2NO3. The molecule has 1 aromatic carbocycles. The van der Waals surface area contributed by atoms with Gasteiger partial charge in [0.2, 0.25) is 5.76 Å². The predicted molar refractivity (Wildman–Crippen MR) is 77.4 cm³/mol. The van der Waals surface area contributed by atoms with Crippen molar-refractivity contribution < 1.29 is 14.3 Å². The van der Waals surface area contributed by atoms with Gasteiger partial charge < -0.3 is 14.8 Å².